The van der Waals surface area contributed by atoms with Crippen LogP contribution in [0.4, 0.5) is 22.0 Å². The van der Waals surface area contributed by atoms with Crippen molar-refractivity contribution in [3.05, 3.63) is 35.1 Å². The third-order valence-corrected chi connectivity index (χ3v) is 2.29. The molecule has 0 amide bonds. The number of halogens is 5. The number of benzene rings is 1. The Labute approximate surface area is 105 Å². The molecule has 0 aromatic heterocycles. The summed E-state index contributed by atoms with van der Waals surface area (Å²) >= 11 is 0. The first kappa shape index (κ1) is 15.4. The lowest BCUT2D eigenvalue weighted by Gasteiger charge is -2.16. The number of carbonyl (C=O) groups is 1. The molecule has 0 atom stereocenters. The lowest BCUT2D eigenvalue weighted by Crippen LogP contribution is -2.38. The molecular weight excluding hydrogens is 273 g/mol. The minimum absolute atomic E-state index is 0.190. The Morgan fingerprint density at radius 2 is 2.00 bits per heavy atom. The fourth-order valence-corrected chi connectivity index (χ4v) is 1.28. The predicted molar refractivity (Wildman–Crippen MR) is 56.0 cm³/mol. The second kappa shape index (κ2) is 5.96. The van der Waals surface area contributed by atoms with E-state index < -0.39 is 37.2 Å². The van der Waals surface area contributed by atoms with Crippen molar-refractivity contribution in [1.82, 2.24) is 5.32 Å². The van der Waals surface area contributed by atoms with E-state index in [0.29, 0.717) is 0 Å². The monoisotopic (exact) mass is 283 g/mol. The van der Waals surface area contributed by atoms with Crippen LogP contribution in [-0.2, 0) is 6.54 Å². The standard InChI is InChI=1S/C11H10F5NO2/c12-8-2-1-6(9(18)19)3-7(8)4-17-5-11(15,16)10(13)14/h1-3,10,17H,4-5H2,(H,18,19). The molecule has 0 heterocycles. The minimum atomic E-state index is -4.22. The van der Waals surface area contributed by atoms with Crippen LogP contribution < -0.4 is 5.32 Å². The molecule has 0 unspecified atom stereocenters. The van der Waals surface area contributed by atoms with E-state index in [2.05, 4.69) is 0 Å². The molecule has 0 aliphatic carbocycles. The zero-order valence-electron chi connectivity index (χ0n) is 9.47. The van der Waals surface area contributed by atoms with Crippen LogP contribution in [0.1, 0.15) is 15.9 Å². The molecule has 0 bridgehead atoms. The first-order chi connectivity index (χ1) is 8.74. The molecule has 1 rings (SSSR count). The Morgan fingerprint density at radius 1 is 1.37 bits per heavy atom. The van der Waals surface area contributed by atoms with Crippen molar-refractivity contribution >= 4 is 5.97 Å². The average molecular weight is 283 g/mol. The lowest BCUT2D eigenvalue weighted by molar-refractivity contribution is -0.125. The maximum Gasteiger partial charge on any atom is 0.335 e. The largest absolute Gasteiger partial charge is 0.478 e. The van der Waals surface area contributed by atoms with E-state index in [4.69, 9.17) is 5.11 Å². The van der Waals surface area contributed by atoms with Gasteiger partial charge in [-0.05, 0) is 18.2 Å². The predicted octanol–water partition coefficient (Wildman–Crippen LogP) is 2.51. The highest BCUT2D eigenvalue weighted by molar-refractivity contribution is 5.87. The van der Waals surface area contributed by atoms with E-state index in [1.807, 2.05) is 5.32 Å². The van der Waals surface area contributed by atoms with E-state index in [1.54, 1.807) is 0 Å². The Morgan fingerprint density at radius 3 is 2.53 bits per heavy atom. The first-order valence-corrected chi connectivity index (χ1v) is 5.12. The zero-order chi connectivity index (χ0) is 14.6. The molecule has 0 fully saturated rings. The van der Waals surface area contributed by atoms with Gasteiger partial charge in [-0.25, -0.2) is 18.0 Å². The number of alkyl halides is 4. The molecule has 2 N–H and O–H groups in total. The van der Waals surface area contributed by atoms with Crippen LogP contribution in [0.2, 0.25) is 0 Å². The fraction of sp³-hybridized carbons (Fsp3) is 0.364. The van der Waals surface area contributed by atoms with Gasteiger partial charge in [-0.15, -0.1) is 0 Å². The van der Waals surface area contributed by atoms with E-state index in [0.717, 1.165) is 18.2 Å². The van der Waals surface area contributed by atoms with Gasteiger partial charge in [0.15, 0.2) is 0 Å². The van der Waals surface area contributed by atoms with Crippen molar-refractivity contribution in [1.29, 1.82) is 0 Å². The Hall–Kier alpha value is -1.70. The van der Waals surface area contributed by atoms with E-state index in [-0.39, 0.29) is 11.1 Å². The van der Waals surface area contributed by atoms with Gasteiger partial charge in [0.1, 0.15) is 5.82 Å². The van der Waals surface area contributed by atoms with Gasteiger partial charge in [0, 0.05) is 12.1 Å². The molecule has 0 spiro atoms. The molecule has 1 aromatic carbocycles. The Kier molecular flexibility index (Phi) is 4.82. The summed E-state index contributed by atoms with van der Waals surface area (Å²) < 4.78 is 62.0. The maximum atomic E-state index is 13.2. The van der Waals surface area contributed by atoms with Gasteiger partial charge in [0.05, 0.1) is 12.1 Å². The van der Waals surface area contributed by atoms with Crippen LogP contribution in [0.5, 0.6) is 0 Å². The summed E-state index contributed by atoms with van der Waals surface area (Å²) in [5, 5.41) is 10.6. The molecular formula is C11H10F5NO2. The van der Waals surface area contributed by atoms with Crippen molar-refractivity contribution in [2.45, 2.75) is 18.9 Å². The number of aromatic carboxylic acids is 1. The number of rotatable bonds is 6. The number of nitrogens with one attached hydrogen (secondary N) is 1. The zero-order valence-corrected chi connectivity index (χ0v) is 9.47. The summed E-state index contributed by atoms with van der Waals surface area (Å²) in [4.78, 5) is 10.6. The van der Waals surface area contributed by atoms with Crippen LogP contribution in [0.15, 0.2) is 18.2 Å². The highest BCUT2D eigenvalue weighted by Crippen LogP contribution is 2.21. The van der Waals surface area contributed by atoms with Gasteiger partial charge in [-0.3, -0.25) is 0 Å². The first-order valence-electron chi connectivity index (χ1n) is 5.12. The number of carboxylic acid groups (broad SMARTS) is 1. The highest BCUT2D eigenvalue weighted by Gasteiger charge is 2.40. The second-order valence-electron chi connectivity index (χ2n) is 3.78. The summed E-state index contributed by atoms with van der Waals surface area (Å²) in [5.41, 5.74) is -0.413. The summed E-state index contributed by atoms with van der Waals surface area (Å²) in [6.07, 6.45) is -3.82. The molecule has 19 heavy (non-hydrogen) atoms. The van der Waals surface area contributed by atoms with Crippen LogP contribution >= 0.6 is 0 Å². The van der Waals surface area contributed by atoms with Crippen LogP contribution in [0, 0.1) is 5.82 Å². The van der Waals surface area contributed by atoms with Crippen LogP contribution in [0.25, 0.3) is 0 Å². The molecule has 3 nitrogen and oxygen atoms in total. The number of carboxylic acids is 1. The van der Waals surface area contributed by atoms with Gasteiger partial charge in [-0.1, -0.05) is 0 Å². The Bertz CT molecular complexity index is 464. The third kappa shape index (κ3) is 4.16. The average Bonchev–Trinajstić information content (AvgIpc) is 2.30. The molecule has 0 saturated carbocycles. The lowest BCUT2D eigenvalue weighted by atomic mass is 10.1. The molecule has 0 aliphatic rings. The van der Waals surface area contributed by atoms with Gasteiger partial charge in [0.25, 0.3) is 0 Å². The topological polar surface area (TPSA) is 49.3 Å². The number of hydrogen-bond acceptors (Lipinski definition) is 2. The van der Waals surface area contributed by atoms with Crippen molar-refractivity contribution in [2.75, 3.05) is 6.54 Å². The van der Waals surface area contributed by atoms with Gasteiger partial charge in [0.2, 0.25) is 0 Å². The normalized spacial score (nSPS) is 11.9. The third-order valence-electron chi connectivity index (χ3n) is 2.29. The summed E-state index contributed by atoms with van der Waals surface area (Å²) in [6.45, 7) is -1.81. The molecule has 106 valence electrons. The Balaban J connectivity index is 2.68. The quantitative estimate of drug-likeness (QED) is 0.789. The molecule has 1 aromatic rings. The number of hydrogen-bond donors (Lipinski definition) is 2. The SMILES string of the molecule is O=C(O)c1ccc(F)c(CNCC(F)(F)C(F)F)c1. The van der Waals surface area contributed by atoms with Crippen LogP contribution in [-0.4, -0.2) is 30.0 Å². The maximum absolute atomic E-state index is 13.2. The van der Waals surface area contributed by atoms with Crippen LogP contribution in [0.3, 0.4) is 0 Å². The van der Waals surface area contributed by atoms with E-state index in [9.17, 15) is 26.7 Å². The van der Waals surface area contributed by atoms with Crippen molar-refractivity contribution < 1.29 is 31.9 Å². The van der Waals surface area contributed by atoms with E-state index in [1.165, 1.54) is 0 Å². The van der Waals surface area contributed by atoms with Gasteiger partial charge < -0.3 is 10.4 Å². The molecule has 0 saturated heterocycles. The van der Waals surface area contributed by atoms with Gasteiger partial charge in [-0.2, -0.15) is 8.78 Å². The van der Waals surface area contributed by atoms with Crippen molar-refractivity contribution in [3.8, 4) is 0 Å². The smallest absolute Gasteiger partial charge is 0.335 e. The summed E-state index contributed by atoms with van der Waals surface area (Å²) in [7, 11) is 0. The van der Waals surface area contributed by atoms with Crippen molar-refractivity contribution in [3.63, 3.8) is 0 Å². The highest BCUT2D eigenvalue weighted by atomic mass is 19.3. The van der Waals surface area contributed by atoms with Crippen molar-refractivity contribution in [2.24, 2.45) is 0 Å². The van der Waals surface area contributed by atoms with Gasteiger partial charge >= 0.3 is 18.3 Å². The van der Waals surface area contributed by atoms with E-state index >= 15 is 0 Å². The molecule has 0 aliphatic heterocycles. The summed E-state index contributed by atoms with van der Waals surface area (Å²) in [5.74, 6) is -6.34. The molecule has 8 heteroatoms. The fourth-order valence-electron chi connectivity index (χ4n) is 1.28. The second-order valence-corrected chi connectivity index (χ2v) is 3.78. The molecule has 0 radical (unpaired) electrons. The summed E-state index contributed by atoms with van der Waals surface area (Å²) in [6, 6.07) is 2.83. The minimum Gasteiger partial charge on any atom is -0.478 e.